The minimum atomic E-state index is -2.90. The fraction of sp³-hybridized carbons (Fsp3) is 0.588. The lowest BCUT2D eigenvalue weighted by atomic mass is 9.96. The average molecular weight is 351 g/mol. The molecule has 1 atom stereocenters. The summed E-state index contributed by atoms with van der Waals surface area (Å²) in [4.78, 5) is 4.19. The van der Waals surface area contributed by atoms with Gasteiger partial charge in [0, 0.05) is 25.2 Å². The molecule has 1 aromatic rings. The molecule has 2 aliphatic rings. The Balaban J connectivity index is 1.56. The van der Waals surface area contributed by atoms with Crippen LogP contribution < -0.4 is 15.4 Å². The van der Waals surface area contributed by atoms with Gasteiger partial charge in [0.25, 0.3) is 0 Å². The van der Waals surface area contributed by atoms with Crippen LogP contribution in [0.1, 0.15) is 31.2 Å². The standard InChI is InChI=1S/C17H25N3O3S/c1-18-17(20-14-9-10-24(21,22)12-14)19-11-13-5-2-3-8-16(13)23-15-6-4-7-15/h2-3,5,8,14-15H,4,6-7,9-12H2,1H3,(H2,18,19,20). The molecule has 2 N–H and O–H groups in total. The Morgan fingerprint density at radius 3 is 2.71 bits per heavy atom. The molecule has 1 saturated heterocycles. The Kier molecular flexibility index (Phi) is 5.28. The van der Waals surface area contributed by atoms with Gasteiger partial charge in [-0.15, -0.1) is 0 Å². The van der Waals surface area contributed by atoms with E-state index in [1.165, 1.54) is 6.42 Å². The number of hydrogen-bond acceptors (Lipinski definition) is 4. The molecule has 0 spiro atoms. The first kappa shape index (κ1) is 17.1. The maximum Gasteiger partial charge on any atom is 0.191 e. The predicted molar refractivity (Wildman–Crippen MR) is 95.1 cm³/mol. The second-order valence-electron chi connectivity index (χ2n) is 6.45. The van der Waals surface area contributed by atoms with Gasteiger partial charge in [-0.05, 0) is 31.7 Å². The number of para-hydroxylation sites is 1. The fourth-order valence-corrected chi connectivity index (χ4v) is 4.58. The number of nitrogens with one attached hydrogen (secondary N) is 2. The molecule has 3 rings (SSSR count). The summed E-state index contributed by atoms with van der Waals surface area (Å²) < 4.78 is 29.1. The number of hydrogen-bond donors (Lipinski definition) is 2. The maximum absolute atomic E-state index is 11.6. The van der Waals surface area contributed by atoms with Crippen LogP contribution in [0.25, 0.3) is 0 Å². The lowest BCUT2D eigenvalue weighted by molar-refractivity contribution is 0.119. The third-order valence-corrected chi connectivity index (χ3v) is 6.33. The zero-order valence-electron chi connectivity index (χ0n) is 14.0. The highest BCUT2D eigenvalue weighted by atomic mass is 32.2. The van der Waals surface area contributed by atoms with Gasteiger partial charge in [-0.3, -0.25) is 4.99 Å². The third-order valence-electron chi connectivity index (χ3n) is 4.56. The van der Waals surface area contributed by atoms with Gasteiger partial charge in [-0.25, -0.2) is 8.42 Å². The number of guanidine groups is 1. The number of benzene rings is 1. The molecule has 0 amide bonds. The Hall–Kier alpha value is -1.76. The van der Waals surface area contributed by atoms with Crippen molar-refractivity contribution in [3.63, 3.8) is 0 Å². The molecule has 132 valence electrons. The van der Waals surface area contributed by atoms with Crippen molar-refractivity contribution in [2.24, 2.45) is 4.99 Å². The van der Waals surface area contributed by atoms with E-state index in [0.29, 0.717) is 25.0 Å². The topological polar surface area (TPSA) is 79.8 Å². The van der Waals surface area contributed by atoms with Crippen molar-refractivity contribution in [1.29, 1.82) is 0 Å². The van der Waals surface area contributed by atoms with E-state index in [0.717, 1.165) is 24.2 Å². The third kappa shape index (κ3) is 4.41. The number of aliphatic imine (C=N–C) groups is 1. The van der Waals surface area contributed by atoms with Gasteiger partial charge in [0.1, 0.15) is 5.75 Å². The highest BCUT2D eigenvalue weighted by Crippen LogP contribution is 2.27. The van der Waals surface area contributed by atoms with Crippen molar-refractivity contribution in [3.05, 3.63) is 29.8 Å². The number of sulfone groups is 1. The van der Waals surface area contributed by atoms with Crippen molar-refractivity contribution in [1.82, 2.24) is 10.6 Å². The van der Waals surface area contributed by atoms with E-state index in [1.807, 2.05) is 24.3 Å². The van der Waals surface area contributed by atoms with Crippen molar-refractivity contribution in [2.75, 3.05) is 18.6 Å². The van der Waals surface area contributed by atoms with Crippen molar-refractivity contribution in [3.8, 4) is 5.75 Å². The van der Waals surface area contributed by atoms with Crippen LogP contribution in [0.5, 0.6) is 5.75 Å². The van der Waals surface area contributed by atoms with Gasteiger partial charge in [0.15, 0.2) is 15.8 Å². The summed E-state index contributed by atoms with van der Waals surface area (Å²) in [6.07, 6.45) is 4.46. The Morgan fingerprint density at radius 1 is 1.29 bits per heavy atom. The molecule has 7 heteroatoms. The minimum absolute atomic E-state index is 0.0670. The van der Waals surface area contributed by atoms with Crippen LogP contribution in [0.4, 0.5) is 0 Å². The van der Waals surface area contributed by atoms with E-state index in [-0.39, 0.29) is 17.5 Å². The van der Waals surface area contributed by atoms with Gasteiger partial charge < -0.3 is 15.4 Å². The SMILES string of the molecule is CN=C(NCc1ccccc1OC1CCC1)NC1CCS(=O)(=O)C1. The van der Waals surface area contributed by atoms with Crippen LogP contribution in [0, 0.1) is 0 Å². The average Bonchev–Trinajstić information content (AvgIpc) is 2.87. The molecule has 1 saturated carbocycles. The van der Waals surface area contributed by atoms with Crippen molar-refractivity contribution < 1.29 is 13.2 Å². The van der Waals surface area contributed by atoms with Gasteiger partial charge in [0.05, 0.1) is 17.6 Å². The molecule has 6 nitrogen and oxygen atoms in total. The van der Waals surface area contributed by atoms with Gasteiger partial charge in [-0.1, -0.05) is 18.2 Å². The largest absolute Gasteiger partial charge is 0.490 e. The van der Waals surface area contributed by atoms with Crippen LogP contribution in [0.2, 0.25) is 0 Å². The second-order valence-corrected chi connectivity index (χ2v) is 8.68. The quantitative estimate of drug-likeness (QED) is 0.620. The number of rotatable bonds is 5. The maximum atomic E-state index is 11.6. The van der Waals surface area contributed by atoms with E-state index in [4.69, 9.17) is 4.74 Å². The molecule has 2 fully saturated rings. The summed E-state index contributed by atoms with van der Waals surface area (Å²) in [6.45, 7) is 0.585. The predicted octanol–water partition coefficient (Wildman–Crippen LogP) is 1.47. The van der Waals surface area contributed by atoms with Crippen molar-refractivity contribution >= 4 is 15.8 Å². The lowest BCUT2D eigenvalue weighted by Crippen LogP contribution is -2.43. The molecule has 1 heterocycles. The monoisotopic (exact) mass is 351 g/mol. The normalized spacial score (nSPS) is 23.5. The highest BCUT2D eigenvalue weighted by molar-refractivity contribution is 7.91. The minimum Gasteiger partial charge on any atom is -0.490 e. The Morgan fingerprint density at radius 2 is 2.08 bits per heavy atom. The van der Waals surface area contributed by atoms with Gasteiger partial charge >= 0.3 is 0 Å². The summed E-state index contributed by atoms with van der Waals surface area (Å²) in [5.74, 6) is 1.96. The van der Waals surface area contributed by atoms with Gasteiger partial charge in [-0.2, -0.15) is 0 Å². The van der Waals surface area contributed by atoms with E-state index in [9.17, 15) is 8.42 Å². The van der Waals surface area contributed by atoms with Crippen LogP contribution in [-0.2, 0) is 16.4 Å². The van der Waals surface area contributed by atoms with Crippen LogP contribution in [-0.4, -0.2) is 45.1 Å². The van der Waals surface area contributed by atoms with E-state index >= 15 is 0 Å². The van der Waals surface area contributed by atoms with Crippen LogP contribution in [0.15, 0.2) is 29.3 Å². The molecule has 1 aromatic carbocycles. The molecule has 24 heavy (non-hydrogen) atoms. The smallest absolute Gasteiger partial charge is 0.191 e. The molecule has 1 aliphatic carbocycles. The Bertz CT molecular complexity index is 699. The second kappa shape index (κ2) is 7.42. The van der Waals surface area contributed by atoms with Crippen molar-refractivity contribution in [2.45, 2.75) is 44.4 Å². The summed E-state index contributed by atoms with van der Waals surface area (Å²) in [5, 5.41) is 6.45. The van der Waals surface area contributed by atoms with E-state index in [1.54, 1.807) is 7.05 Å². The fourth-order valence-electron chi connectivity index (χ4n) is 2.91. The lowest BCUT2D eigenvalue weighted by Gasteiger charge is -2.27. The Labute approximate surface area is 143 Å². The molecule has 0 radical (unpaired) electrons. The summed E-state index contributed by atoms with van der Waals surface area (Å²) in [5.41, 5.74) is 1.08. The zero-order valence-corrected chi connectivity index (χ0v) is 14.8. The van der Waals surface area contributed by atoms with Gasteiger partial charge in [0.2, 0.25) is 0 Å². The molecule has 1 aliphatic heterocycles. The first-order valence-electron chi connectivity index (χ1n) is 8.48. The highest BCUT2D eigenvalue weighted by Gasteiger charge is 2.28. The molecular weight excluding hydrogens is 326 g/mol. The molecular formula is C17H25N3O3S. The number of ether oxygens (including phenoxy) is 1. The van der Waals surface area contributed by atoms with E-state index < -0.39 is 9.84 Å². The molecule has 0 bridgehead atoms. The molecule has 1 unspecified atom stereocenters. The first-order valence-corrected chi connectivity index (χ1v) is 10.3. The summed E-state index contributed by atoms with van der Waals surface area (Å²) in [6, 6.07) is 7.93. The van der Waals surface area contributed by atoms with Crippen LogP contribution in [0.3, 0.4) is 0 Å². The zero-order chi connectivity index (χ0) is 17.0. The summed E-state index contributed by atoms with van der Waals surface area (Å²) >= 11 is 0. The number of nitrogens with zero attached hydrogens (tertiary/aromatic N) is 1. The first-order chi connectivity index (χ1) is 11.6. The van der Waals surface area contributed by atoms with E-state index in [2.05, 4.69) is 15.6 Å². The molecule has 0 aromatic heterocycles. The summed E-state index contributed by atoms with van der Waals surface area (Å²) in [7, 11) is -1.21. The van der Waals surface area contributed by atoms with Crippen LogP contribution >= 0.6 is 0 Å².